The summed E-state index contributed by atoms with van der Waals surface area (Å²) in [6.07, 6.45) is -0.396. The standard InChI is InChI=1S/C6H4F2N2S/c7-3-1-5-6(2-4(3)8)10-11-9-5/h1,4H,2H2. The molecule has 1 aromatic heterocycles. The maximum absolute atomic E-state index is 12.6. The van der Waals surface area contributed by atoms with Crippen LogP contribution in [0, 0.1) is 0 Å². The number of aromatic nitrogens is 2. The Hall–Kier alpha value is -0.840. The minimum absolute atomic E-state index is 0.0220. The lowest BCUT2D eigenvalue weighted by atomic mass is 10.1. The second-order valence-corrected chi connectivity index (χ2v) is 2.83. The summed E-state index contributed by atoms with van der Waals surface area (Å²) in [5.74, 6) is -0.745. The summed E-state index contributed by atoms with van der Waals surface area (Å²) >= 11 is 0.982. The topological polar surface area (TPSA) is 25.8 Å². The summed E-state index contributed by atoms with van der Waals surface area (Å²) in [6, 6.07) is 0. The molecule has 1 aromatic rings. The Labute approximate surface area is 65.9 Å². The van der Waals surface area contributed by atoms with Gasteiger partial charge in [-0.2, -0.15) is 8.75 Å². The van der Waals surface area contributed by atoms with Gasteiger partial charge in [0.2, 0.25) is 0 Å². The van der Waals surface area contributed by atoms with Crippen molar-refractivity contribution < 1.29 is 8.78 Å². The molecule has 2 rings (SSSR count). The second kappa shape index (κ2) is 2.34. The van der Waals surface area contributed by atoms with Crippen molar-refractivity contribution in [3.05, 3.63) is 17.2 Å². The van der Waals surface area contributed by atoms with Crippen LogP contribution >= 0.6 is 11.7 Å². The molecule has 1 atom stereocenters. The number of hydrogen-bond acceptors (Lipinski definition) is 3. The van der Waals surface area contributed by atoms with Gasteiger partial charge in [-0.3, -0.25) is 0 Å². The Morgan fingerprint density at radius 3 is 3.18 bits per heavy atom. The third-order valence-corrected chi connectivity index (χ3v) is 2.11. The predicted octanol–water partition coefficient (Wildman–Crippen LogP) is 1.74. The molecular weight excluding hydrogens is 170 g/mol. The monoisotopic (exact) mass is 174 g/mol. The molecule has 11 heavy (non-hydrogen) atoms. The van der Waals surface area contributed by atoms with E-state index in [1.165, 1.54) is 0 Å². The highest BCUT2D eigenvalue weighted by atomic mass is 32.1. The van der Waals surface area contributed by atoms with Crippen molar-refractivity contribution in [3.63, 3.8) is 0 Å². The van der Waals surface area contributed by atoms with Crippen LogP contribution in [-0.2, 0) is 6.42 Å². The van der Waals surface area contributed by atoms with Gasteiger partial charge in [-0.1, -0.05) is 0 Å². The van der Waals surface area contributed by atoms with Crippen LogP contribution in [-0.4, -0.2) is 14.9 Å². The number of rotatable bonds is 0. The van der Waals surface area contributed by atoms with E-state index >= 15 is 0 Å². The maximum atomic E-state index is 12.6. The lowest BCUT2D eigenvalue weighted by molar-refractivity contribution is 0.322. The Morgan fingerprint density at radius 1 is 1.55 bits per heavy atom. The van der Waals surface area contributed by atoms with Gasteiger partial charge in [0.05, 0.1) is 17.4 Å². The molecule has 0 fully saturated rings. The van der Waals surface area contributed by atoms with Gasteiger partial charge in [0, 0.05) is 12.5 Å². The SMILES string of the molecule is FC1=Cc2nsnc2CC1F. The Balaban J connectivity index is 2.47. The van der Waals surface area contributed by atoms with Crippen molar-refractivity contribution in [2.75, 3.05) is 0 Å². The molecule has 0 aromatic carbocycles. The fourth-order valence-corrected chi connectivity index (χ4v) is 1.51. The highest BCUT2D eigenvalue weighted by molar-refractivity contribution is 6.99. The van der Waals surface area contributed by atoms with Crippen LogP contribution in [0.2, 0.25) is 0 Å². The van der Waals surface area contributed by atoms with Gasteiger partial charge < -0.3 is 0 Å². The molecule has 0 saturated heterocycles. The van der Waals surface area contributed by atoms with E-state index in [1.54, 1.807) is 0 Å². The first kappa shape index (κ1) is 6.84. The van der Waals surface area contributed by atoms with E-state index in [4.69, 9.17) is 0 Å². The predicted molar refractivity (Wildman–Crippen MR) is 37.6 cm³/mol. The summed E-state index contributed by atoms with van der Waals surface area (Å²) in [5.41, 5.74) is 1.03. The molecule has 0 spiro atoms. The Bertz CT molecular complexity index is 307. The molecule has 1 unspecified atom stereocenters. The first-order chi connectivity index (χ1) is 5.27. The quantitative estimate of drug-likeness (QED) is 0.598. The minimum atomic E-state index is -1.52. The maximum Gasteiger partial charge on any atom is 0.157 e. The van der Waals surface area contributed by atoms with Crippen LogP contribution in [0.25, 0.3) is 6.08 Å². The van der Waals surface area contributed by atoms with Gasteiger partial charge >= 0.3 is 0 Å². The number of hydrogen-bond donors (Lipinski definition) is 0. The van der Waals surface area contributed by atoms with E-state index in [0.717, 1.165) is 17.8 Å². The van der Waals surface area contributed by atoms with Crippen LogP contribution in [0.4, 0.5) is 8.78 Å². The van der Waals surface area contributed by atoms with Crippen LogP contribution in [0.3, 0.4) is 0 Å². The van der Waals surface area contributed by atoms with E-state index in [-0.39, 0.29) is 6.42 Å². The molecule has 0 bridgehead atoms. The number of alkyl halides is 1. The molecule has 0 radical (unpaired) electrons. The van der Waals surface area contributed by atoms with Gasteiger partial charge in [-0.25, -0.2) is 8.78 Å². The smallest absolute Gasteiger partial charge is 0.157 e. The summed E-state index contributed by atoms with van der Waals surface area (Å²) in [5, 5.41) is 0. The van der Waals surface area contributed by atoms with Crippen molar-refractivity contribution in [3.8, 4) is 0 Å². The molecule has 5 heteroatoms. The fraction of sp³-hybridized carbons (Fsp3) is 0.333. The van der Waals surface area contributed by atoms with Gasteiger partial charge in [0.1, 0.15) is 11.5 Å². The lowest BCUT2D eigenvalue weighted by Gasteiger charge is -2.08. The Kier molecular flexibility index (Phi) is 1.45. The van der Waals surface area contributed by atoms with Gasteiger partial charge in [0.15, 0.2) is 6.17 Å². The number of nitrogens with zero attached hydrogens (tertiary/aromatic N) is 2. The van der Waals surface area contributed by atoms with Crippen molar-refractivity contribution in [1.82, 2.24) is 8.75 Å². The molecule has 58 valence electrons. The zero-order valence-electron chi connectivity index (χ0n) is 5.42. The normalized spacial score (nSPS) is 22.7. The average Bonchev–Trinajstić information content (AvgIpc) is 2.36. The molecule has 1 aliphatic carbocycles. The van der Waals surface area contributed by atoms with Crippen LogP contribution in [0.1, 0.15) is 11.4 Å². The summed E-state index contributed by atoms with van der Waals surface area (Å²) in [4.78, 5) is 0. The van der Waals surface area contributed by atoms with Gasteiger partial charge in [-0.15, -0.1) is 0 Å². The molecule has 0 amide bonds. The van der Waals surface area contributed by atoms with E-state index in [0.29, 0.717) is 11.4 Å². The van der Waals surface area contributed by atoms with Crippen LogP contribution in [0.15, 0.2) is 5.83 Å². The highest BCUT2D eigenvalue weighted by Gasteiger charge is 2.23. The zero-order valence-corrected chi connectivity index (χ0v) is 6.24. The van der Waals surface area contributed by atoms with E-state index < -0.39 is 12.0 Å². The summed E-state index contributed by atoms with van der Waals surface area (Å²) < 4.78 is 32.8. The summed E-state index contributed by atoms with van der Waals surface area (Å²) in [6.45, 7) is 0. The largest absolute Gasteiger partial charge is 0.239 e. The molecule has 1 aliphatic rings. The van der Waals surface area contributed by atoms with Crippen molar-refractivity contribution >= 4 is 17.8 Å². The second-order valence-electron chi connectivity index (χ2n) is 2.30. The molecule has 1 heterocycles. The average molecular weight is 174 g/mol. The van der Waals surface area contributed by atoms with Crippen molar-refractivity contribution in [1.29, 1.82) is 0 Å². The molecule has 0 N–H and O–H groups in total. The number of fused-ring (bicyclic) bond motifs is 1. The third-order valence-electron chi connectivity index (χ3n) is 1.53. The number of allylic oxidation sites excluding steroid dienone is 1. The molecular formula is C6H4F2N2S. The summed E-state index contributed by atoms with van der Waals surface area (Å²) in [7, 11) is 0. The van der Waals surface area contributed by atoms with Crippen molar-refractivity contribution in [2.24, 2.45) is 0 Å². The molecule has 0 aliphatic heterocycles. The molecule has 2 nitrogen and oxygen atoms in total. The lowest BCUT2D eigenvalue weighted by Crippen LogP contribution is -2.10. The Morgan fingerprint density at radius 2 is 2.36 bits per heavy atom. The zero-order chi connectivity index (χ0) is 7.84. The highest BCUT2D eigenvalue weighted by Crippen LogP contribution is 2.24. The molecule has 0 saturated carbocycles. The third kappa shape index (κ3) is 1.05. The minimum Gasteiger partial charge on any atom is -0.239 e. The van der Waals surface area contributed by atoms with Crippen LogP contribution < -0.4 is 0 Å². The van der Waals surface area contributed by atoms with Crippen LogP contribution in [0.5, 0.6) is 0 Å². The first-order valence-electron chi connectivity index (χ1n) is 3.10. The van der Waals surface area contributed by atoms with Gasteiger partial charge in [-0.05, 0) is 0 Å². The van der Waals surface area contributed by atoms with E-state index in [2.05, 4.69) is 8.75 Å². The van der Waals surface area contributed by atoms with E-state index in [1.807, 2.05) is 0 Å². The van der Waals surface area contributed by atoms with Gasteiger partial charge in [0.25, 0.3) is 0 Å². The van der Waals surface area contributed by atoms with Crippen molar-refractivity contribution in [2.45, 2.75) is 12.6 Å². The van der Waals surface area contributed by atoms with E-state index in [9.17, 15) is 8.78 Å². The fourth-order valence-electron chi connectivity index (χ4n) is 0.953. The first-order valence-corrected chi connectivity index (χ1v) is 3.83. The number of halogens is 2.